The van der Waals surface area contributed by atoms with Crippen molar-refractivity contribution in [3.63, 3.8) is 0 Å². The SMILES string of the molecule is CC1(C[N+]2=CC2)COc2c1cc(C(O)C(F)(F)F)nc2Cl. The number of hydrogen-bond donors (Lipinski definition) is 1. The first kappa shape index (κ1) is 14.6. The van der Waals surface area contributed by atoms with Crippen molar-refractivity contribution in [1.29, 1.82) is 0 Å². The number of hydrogen-bond acceptors (Lipinski definition) is 3. The minimum absolute atomic E-state index is 0.149. The van der Waals surface area contributed by atoms with Gasteiger partial charge in [-0.25, -0.2) is 9.56 Å². The van der Waals surface area contributed by atoms with Crippen molar-refractivity contribution in [2.24, 2.45) is 0 Å². The standard InChI is InChI=1S/C13H13ClF3N2O2/c1-12(5-19-2-3-19)6-21-9-7(12)4-8(18-11(9)14)10(20)13(15,16)17/h2,4,10,20H,3,5-6H2,1H3/q+1. The van der Waals surface area contributed by atoms with Gasteiger partial charge < -0.3 is 9.84 Å². The van der Waals surface area contributed by atoms with Crippen LogP contribution < -0.4 is 4.74 Å². The maximum Gasteiger partial charge on any atom is 0.420 e. The predicted molar refractivity (Wildman–Crippen MR) is 69.2 cm³/mol. The summed E-state index contributed by atoms with van der Waals surface area (Å²) in [5.74, 6) is 0.305. The lowest BCUT2D eigenvalue weighted by molar-refractivity contribution is -0.450. The lowest BCUT2D eigenvalue weighted by atomic mass is 9.84. The van der Waals surface area contributed by atoms with Crippen LogP contribution in [0.5, 0.6) is 5.75 Å². The molecule has 0 aliphatic carbocycles. The number of aromatic nitrogens is 1. The number of rotatable bonds is 3. The molecule has 0 saturated heterocycles. The first-order chi connectivity index (χ1) is 9.71. The molecule has 114 valence electrons. The Kier molecular flexibility index (Phi) is 3.18. The largest absolute Gasteiger partial charge is 0.489 e. The van der Waals surface area contributed by atoms with Crippen LogP contribution in [0.2, 0.25) is 5.15 Å². The number of aliphatic hydroxyl groups excluding tert-OH is 1. The fraction of sp³-hybridized carbons (Fsp3) is 0.538. The topological polar surface area (TPSA) is 45.4 Å². The van der Waals surface area contributed by atoms with E-state index in [-0.39, 0.29) is 5.15 Å². The van der Waals surface area contributed by atoms with Gasteiger partial charge >= 0.3 is 6.18 Å². The zero-order chi connectivity index (χ0) is 15.4. The van der Waals surface area contributed by atoms with Crippen molar-refractivity contribution >= 4 is 17.8 Å². The average molecular weight is 322 g/mol. The van der Waals surface area contributed by atoms with E-state index in [9.17, 15) is 18.3 Å². The maximum absolute atomic E-state index is 12.7. The van der Waals surface area contributed by atoms with Crippen LogP contribution in [0.1, 0.15) is 24.3 Å². The Morgan fingerprint density at radius 1 is 1.57 bits per heavy atom. The summed E-state index contributed by atoms with van der Waals surface area (Å²) in [6.45, 7) is 3.69. The Morgan fingerprint density at radius 3 is 2.81 bits per heavy atom. The minimum atomic E-state index is -4.78. The second kappa shape index (κ2) is 4.58. The van der Waals surface area contributed by atoms with Crippen LogP contribution in [-0.4, -0.2) is 46.8 Å². The molecule has 0 bridgehead atoms. The molecule has 0 aromatic carbocycles. The summed E-state index contributed by atoms with van der Waals surface area (Å²) in [5, 5.41) is 9.22. The molecule has 3 heterocycles. The summed E-state index contributed by atoms with van der Waals surface area (Å²) in [4.78, 5) is 3.62. The average Bonchev–Trinajstić information content (AvgIpc) is 3.11. The van der Waals surface area contributed by atoms with Crippen molar-refractivity contribution in [3.8, 4) is 5.75 Å². The highest BCUT2D eigenvalue weighted by Crippen LogP contribution is 2.45. The van der Waals surface area contributed by atoms with E-state index in [1.165, 1.54) is 6.07 Å². The van der Waals surface area contributed by atoms with Crippen LogP contribution in [-0.2, 0) is 5.41 Å². The lowest BCUT2D eigenvalue weighted by Crippen LogP contribution is -2.32. The molecule has 0 spiro atoms. The van der Waals surface area contributed by atoms with Gasteiger partial charge in [0.05, 0.1) is 11.1 Å². The van der Waals surface area contributed by atoms with Gasteiger partial charge in [0.25, 0.3) is 0 Å². The second-order valence-electron chi connectivity index (χ2n) is 5.62. The van der Waals surface area contributed by atoms with Crippen molar-refractivity contribution in [3.05, 3.63) is 22.5 Å². The number of nitrogens with zero attached hydrogens (tertiary/aromatic N) is 2. The molecular formula is C13H13ClF3N2O2+. The quantitative estimate of drug-likeness (QED) is 0.685. The molecule has 2 unspecified atom stereocenters. The molecule has 0 fully saturated rings. The summed E-state index contributed by atoms with van der Waals surface area (Å²) in [6.07, 6.45) is -5.45. The molecule has 0 radical (unpaired) electrons. The number of fused-ring (bicyclic) bond motifs is 1. The molecule has 0 saturated carbocycles. The third kappa shape index (κ3) is 2.60. The summed E-state index contributed by atoms with van der Waals surface area (Å²) in [6, 6.07) is 1.25. The number of pyridine rings is 1. The molecule has 0 amide bonds. The van der Waals surface area contributed by atoms with Crippen molar-refractivity contribution in [2.45, 2.75) is 24.6 Å². The van der Waals surface area contributed by atoms with Crippen molar-refractivity contribution < 1.29 is 27.6 Å². The third-order valence-electron chi connectivity index (χ3n) is 3.72. The zero-order valence-corrected chi connectivity index (χ0v) is 11.9. The van der Waals surface area contributed by atoms with Gasteiger partial charge in [0.2, 0.25) is 12.8 Å². The van der Waals surface area contributed by atoms with E-state index in [0.29, 0.717) is 24.5 Å². The van der Waals surface area contributed by atoms with Crippen LogP contribution in [0.15, 0.2) is 6.07 Å². The molecule has 4 nitrogen and oxygen atoms in total. The summed E-state index contributed by atoms with van der Waals surface area (Å²) < 4.78 is 45.5. The smallest absolute Gasteiger partial charge is 0.420 e. The number of halogens is 4. The summed E-state index contributed by atoms with van der Waals surface area (Å²) >= 11 is 5.91. The van der Waals surface area contributed by atoms with Gasteiger partial charge in [-0.2, -0.15) is 13.2 Å². The fourth-order valence-electron chi connectivity index (χ4n) is 2.49. The van der Waals surface area contributed by atoms with E-state index >= 15 is 0 Å². The van der Waals surface area contributed by atoms with E-state index in [1.807, 2.05) is 17.7 Å². The maximum atomic E-state index is 12.7. The van der Waals surface area contributed by atoms with Gasteiger partial charge in [0.1, 0.15) is 6.61 Å². The molecule has 2 aliphatic heterocycles. The first-order valence-electron chi connectivity index (χ1n) is 6.36. The van der Waals surface area contributed by atoms with Gasteiger partial charge in [-0.3, -0.25) is 0 Å². The Balaban J connectivity index is 2.02. The Labute approximate surface area is 123 Å². The van der Waals surface area contributed by atoms with Crippen molar-refractivity contribution in [2.75, 3.05) is 19.7 Å². The molecule has 1 aromatic heterocycles. The van der Waals surface area contributed by atoms with Crippen LogP contribution in [0.3, 0.4) is 0 Å². The fourth-order valence-corrected chi connectivity index (χ4v) is 2.74. The highest BCUT2D eigenvalue weighted by molar-refractivity contribution is 6.31. The normalized spacial score (nSPS) is 25.1. The van der Waals surface area contributed by atoms with Gasteiger partial charge in [-0.1, -0.05) is 11.6 Å². The van der Waals surface area contributed by atoms with E-state index in [0.717, 1.165) is 6.54 Å². The molecule has 2 atom stereocenters. The molecule has 21 heavy (non-hydrogen) atoms. The highest BCUT2D eigenvalue weighted by Gasteiger charge is 2.46. The van der Waals surface area contributed by atoms with E-state index in [1.54, 1.807) is 0 Å². The zero-order valence-electron chi connectivity index (χ0n) is 11.1. The van der Waals surface area contributed by atoms with Crippen LogP contribution in [0, 0.1) is 0 Å². The van der Waals surface area contributed by atoms with Crippen LogP contribution in [0.25, 0.3) is 0 Å². The predicted octanol–water partition coefficient (Wildman–Crippen LogP) is 2.08. The van der Waals surface area contributed by atoms with Crippen LogP contribution in [0.4, 0.5) is 13.2 Å². The van der Waals surface area contributed by atoms with E-state index < -0.39 is 23.4 Å². The third-order valence-corrected chi connectivity index (χ3v) is 3.98. The summed E-state index contributed by atoms with van der Waals surface area (Å²) in [5.41, 5.74) is -0.423. The molecule has 1 N–H and O–H groups in total. The van der Waals surface area contributed by atoms with Gasteiger partial charge in [-0.05, 0) is 13.0 Å². The molecule has 8 heteroatoms. The second-order valence-corrected chi connectivity index (χ2v) is 5.98. The number of aliphatic hydroxyl groups is 1. The molecule has 2 aliphatic rings. The minimum Gasteiger partial charge on any atom is -0.489 e. The highest BCUT2D eigenvalue weighted by atomic mass is 35.5. The first-order valence-corrected chi connectivity index (χ1v) is 6.74. The lowest BCUT2D eigenvalue weighted by Gasteiger charge is -2.20. The van der Waals surface area contributed by atoms with Gasteiger partial charge in [-0.15, -0.1) is 0 Å². The van der Waals surface area contributed by atoms with Crippen molar-refractivity contribution in [1.82, 2.24) is 4.98 Å². The van der Waals surface area contributed by atoms with Gasteiger partial charge in [0, 0.05) is 5.56 Å². The summed E-state index contributed by atoms with van der Waals surface area (Å²) in [7, 11) is 0. The molecular weight excluding hydrogens is 309 g/mol. The van der Waals surface area contributed by atoms with E-state index in [4.69, 9.17) is 16.3 Å². The van der Waals surface area contributed by atoms with Gasteiger partial charge in [0.15, 0.2) is 23.6 Å². The number of alkyl halides is 3. The monoisotopic (exact) mass is 321 g/mol. The Morgan fingerprint density at radius 2 is 2.24 bits per heavy atom. The molecule has 3 rings (SSSR count). The Bertz CT molecular complexity index is 633. The number of ether oxygens (including phenoxy) is 1. The van der Waals surface area contributed by atoms with Crippen LogP contribution >= 0.6 is 11.6 Å². The van der Waals surface area contributed by atoms with E-state index in [2.05, 4.69) is 4.98 Å². The Hall–Kier alpha value is -1.34. The molecule has 1 aromatic rings.